The maximum atomic E-state index is 12.5. The Labute approximate surface area is 164 Å². The lowest BCUT2D eigenvalue weighted by Gasteiger charge is -2.08. The summed E-state index contributed by atoms with van der Waals surface area (Å²) in [5.41, 5.74) is 5.11. The van der Waals surface area contributed by atoms with Crippen molar-refractivity contribution < 1.29 is 9.53 Å². The van der Waals surface area contributed by atoms with Crippen LogP contribution >= 0.6 is 11.3 Å². The molecule has 0 atom stereocenters. The number of thiophene rings is 1. The molecular formula is C23H23NO2S. The molecule has 0 unspecified atom stereocenters. The monoisotopic (exact) mass is 377 g/mol. The van der Waals surface area contributed by atoms with Crippen molar-refractivity contribution in [3.05, 3.63) is 87.1 Å². The summed E-state index contributed by atoms with van der Waals surface area (Å²) >= 11 is 1.43. The zero-order valence-electron chi connectivity index (χ0n) is 15.8. The molecule has 1 heterocycles. The lowest BCUT2D eigenvalue weighted by molar-refractivity contribution is 0.103. The van der Waals surface area contributed by atoms with Gasteiger partial charge >= 0.3 is 0 Å². The molecular weight excluding hydrogens is 354 g/mol. The van der Waals surface area contributed by atoms with E-state index >= 15 is 0 Å². The van der Waals surface area contributed by atoms with Crippen LogP contribution in [-0.2, 0) is 6.61 Å². The number of hydrogen-bond acceptors (Lipinski definition) is 3. The molecule has 0 aliphatic heterocycles. The third kappa shape index (κ3) is 5.08. The summed E-state index contributed by atoms with van der Waals surface area (Å²) < 4.78 is 5.94. The van der Waals surface area contributed by atoms with Gasteiger partial charge in [-0.3, -0.25) is 4.79 Å². The number of ether oxygens (including phenoxy) is 1. The largest absolute Gasteiger partial charge is 0.488 e. The second-order valence-corrected chi connectivity index (χ2v) is 7.39. The Bertz CT molecular complexity index is 952. The van der Waals surface area contributed by atoms with E-state index in [-0.39, 0.29) is 5.91 Å². The lowest BCUT2D eigenvalue weighted by Crippen LogP contribution is -2.10. The summed E-state index contributed by atoms with van der Waals surface area (Å²) in [5.74, 6) is 0.744. The highest BCUT2D eigenvalue weighted by Gasteiger charge is 2.11. The predicted molar refractivity (Wildman–Crippen MR) is 114 cm³/mol. The molecule has 3 rings (SSSR count). The standard InChI is InChI=1S/C23H23NO2S/c1-4-7-19-8-5-6-9-21(19)26-14-18-13-22(27-15-18)23(25)24-20-11-16(2)10-17(3)12-20/h4-13,15H,14H2,1-3H3,(H,24,25)/b7-4+. The second-order valence-electron chi connectivity index (χ2n) is 6.48. The third-order valence-electron chi connectivity index (χ3n) is 4.02. The van der Waals surface area contributed by atoms with Crippen molar-refractivity contribution in [1.82, 2.24) is 0 Å². The topological polar surface area (TPSA) is 38.3 Å². The minimum Gasteiger partial charge on any atom is -0.488 e. The first kappa shape index (κ1) is 18.9. The van der Waals surface area contributed by atoms with E-state index in [0.717, 1.165) is 33.7 Å². The van der Waals surface area contributed by atoms with Crippen molar-refractivity contribution in [2.45, 2.75) is 27.4 Å². The molecule has 0 saturated carbocycles. The number of carbonyl (C=O) groups is 1. The van der Waals surface area contributed by atoms with Gasteiger partial charge in [-0.2, -0.15) is 0 Å². The molecule has 0 aliphatic carbocycles. The average Bonchev–Trinajstić information content (AvgIpc) is 3.09. The van der Waals surface area contributed by atoms with Gasteiger partial charge in [-0.25, -0.2) is 0 Å². The molecule has 138 valence electrons. The van der Waals surface area contributed by atoms with Crippen LogP contribution in [0.15, 0.2) is 60.0 Å². The van der Waals surface area contributed by atoms with Gasteiger partial charge in [-0.05, 0) is 61.5 Å². The Morgan fingerprint density at radius 2 is 1.85 bits per heavy atom. The Morgan fingerprint density at radius 3 is 2.59 bits per heavy atom. The van der Waals surface area contributed by atoms with E-state index in [4.69, 9.17) is 4.74 Å². The summed E-state index contributed by atoms with van der Waals surface area (Å²) in [6.45, 7) is 6.46. The van der Waals surface area contributed by atoms with Gasteiger partial charge in [-0.1, -0.05) is 36.4 Å². The van der Waals surface area contributed by atoms with Crippen LogP contribution in [0.4, 0.5) is 5.69 Å². The number of hydrogen-bond donors (Lipinski definition) is 1. The lowest BCUT2D eigenvalue weighted by atomic mass is 10.1. The highest BCUT2D eigenvalue weighted by atomic mass is 32.1. The average molecular weight is 378 g/mol. The molecule has 0 aliphatic rings. The molecule has 0 saturated heterocycles. The van der Waals surface area contributed by atoms with E-state index < -0.39 is 0 Å². The normalized spacial score (nSPS) is 10.9. The fourth-order valence-electron chi connectivity index (χ4n) is 2.90. The highest BCUT2D eigenvalue weighted by molar-refractivity contribution is 7.12. The maximum absolute atomic E-state index is 12.5. The van der Waals surface area contributed by atoms with Crippen molar-refractivity contribution in [2.75, 3.05) is 5.32 Å². The molecule has 4 heteroatoms. The van der Waals surface area contributed by atoms with Crippen LogP contribution in [0.1, 0.15) is 38.8 Å². The smallest absolute Gasteiger partial charge is 0.265 e. The van der Waals surface area contributed by atoms with Gasteiger partial charge in [0.25, 0.3) is 5.91 Å². The van der Waals surface area contributed by atoms with Crippen LogP contribution in [0, 0.1) is 13.8 Å². The summed E-state index contributed by atoms with van der Waals surface area (Å²) in [4.78, 5) is 13.2. The van der Waals surface area contributed by atoms with E-state index in [1.54, 1.807) is 0 Å². The molecule has 1 N–H and O–H groups in total. The fourth-order valence-corrected chi connectivity index (χ4v) is 3.69. The van der Waals surface area contributed by atoms with Crippen LogP contribution in [0.3, 0.4) is 0 Å². The number of nitrogens with one attached hydrogen (secondary N) is 1. The van der Waals surface area contributed by atoms with Crippen LogP contribution in [-0.4, -0.2) is 5.91 Å². The molecule has 0 bridgehead atoms. The predicted octanol–water partition coefficient (Wildman–Crippen LogP) is 6.23. The first-order chi connectivity index (χ1) is 13.0. The van der Waals surface area contributed by atoms with Gasteiger partial charge < -0.3 is 10.1 Å². The van der Waals surface area contributed by atoms with E-state index in [1.807, 2.05) is 80.8 Å². The molecule has 1 aromatic heterocycles. The van der Waals surface area contributed by atoms with Crippen molar-refractivity contribution in [3.63, 3.8) is 0 Å². The van der Waals surface area contributed by atoms with Crippen LogP contribution < -0.4 is 10.1 Å². The van der Waals surface area contributed by atoms with Gasteiger partial charge in [0.15, 0.2) is 0 Å². The molecule has 0 radical (unpaired) electrons. The maximum Gasteiger partial charge on any atom is 0.265 e. The zero-order chi connectivity index (χ0) is 19.2. The van der Waals surface area contributed by atoms with E-state index in [9.17, 15) is 4.79 Å². The Balaban J connectivity index is 1.65. The van der Waals surface area contributed by atoms with E-state index in [1.165, 1.54) is 11.3 Å². The number of amides is 1. The van der Waals surface area contributed by atoms with Crippen LogP contribution in [0.5, 0.6) is 5.75 Å². The highest BCUT2D eigenvalue weighted by Crippen LogP contribution is 2.23. The van der Waals surface area contributed by atoms with E-state index in [2.05, 4.69) is 11.4 Å². The minimum absolute atomic E-state index is 0.0921. The van der Waals surface area contributed by atoms with Gasteiger partial charge in [-0.15, -0.1) is 11.3 Å². The van der Waals surface area contributed by atoms with E-state index in [0.29, 0.717) is 11.5 Å². The zero-order valence-corrected chi connectivity index (χ0v) is 16.6. The summed E-state index contributed by atoms with van der Waals surface area (Å²) in [6, 6.07) is 15.8. The van der Waals surface area contributed by atoms with Gasteiger partial charge in [0.1, 0.15) is 12.4 Å². The van der Waals surface area contributed by atoms with Crippen LogP contribution in [0.25, 0.3) is 6.08 Å². The Kier molecular flexibility index (Phi) is 6.09. The number of aryl methyl sites for hydroxylation is 2. The fraction of sp³-hybridized carbons (Fsp3) is 0.174. The van der Waals surface area contributed by atoms with Crippen molar-refractivity contribution in [1.29, 1.82) is 0 Å². The SMILES string of the molecule is C/C=C/c1ccccc1OCc1csc(C(=O)Nc2cc(C)cc(C)c2)c1. The molecule has 3 nitrogen and oxygen atoms in total. The number of benzene rings is 2. The third-order valence-corrected chi connectivity index (χ3v) is 4.99. The Morgan fingerprint density at radius 1 is 1.11 bits per heavy atom. The van der Waals surface area contributed by atoms with Gasteiger partial charge in [0, 0.05) is 16.8 Å². The number of rotatable bonds is 6. The van der Waals surface area contributed by atoms with Crippen molar-refractivity contribution >= 4 is 29.0 Å². The number of anilines is 1. The molecule has 0 spiro atoms. The first-order valence-electron chi connectivity index (χ1n) is 8.87. The molecule has 0 fully saturated rings. The molecule has 27 heavy (non-hydrogen) atoms. The summed E-state index contributed by atoms with van der Waals surface area (Å²) in [6.07, 6.45) is 4.01. The molecule has 1 amide bonds. The van der Waals surface area contributed by atoms with Crippen LogP contribution in [0.2, 0.25) is 0 Å². The number of allylic oxidation sites excluding steroid dienone is 1. The second kappa shape index (κ2) is 8.69. The summed E-state index contributed by atoms with van der Waals surface area (Å²) in [7, 11) is 0. The van der Waals surface area contributed by atoms with Gasteiger partial charge in [0.05, 0.1) is 4.88 Å². The quantitative estimate of drug-likeness (QED) is 0.553. The van der Waals surface area contributed by atoms with Crippen molar-refractivity contribution in [2.24, 2.45) is 0 Å². The first-order valence-corrected chi connectivity index (χ1v) is 9.74. The molecule has 3 aromatic rings. The minimum atomic E-state index is -0.0921. The number of para-hydroxylation sites is 1. The Hall–Kier alpha value is -2.85. The van der Waals surface area contributed by atoms with Crippen molar-refractivity contribution in [3.8, 4) is 5.75 Å². The summed E-state index contributed by atoms with van der Waals surface area (Å²) in [5, 5.41) is 4.94. The molecule has 2 aromatic carbocycles. The number of carbonyl (C=O) groups excluding carboxylic acids is 1. The van der Waals surface area contributed by atoms with Gasteiger partial charge in [0.2, 0.25) is 0 Å².